The number of hydrogen-bond donors (Lipinski definition) is 2. The van der Waals surface area contributed by atoms with E-state index in [9.17, 15) is 0 Å². The molecule has 0 bridgehead atoms. The van der Waals surface area contributed by atoms with Crippen LogP contribution in [0.4, 0.5) is 0 Å². The van der Waals surface area contributed by atoms with Gasteiger partial charge < -0.3 is 11.1 Å². The van der Waals surface area contributed by atoms with Crippen LogP contribution in [0.2, 0.25) is 6.04 Å². The third kappa shape index (κ3) is 7.75. The zero-order valence-electron chi connectivity index (χ0n) is 10.6. The predicted molar refractivity (Wildman–Crippen MR) is 61.4 cm³/mol. The van der Waals surface area contributed by atoms with Gasteiger partial charge in [-0.1, -0.05) is 0 Å². The number of nitrogens with two attached hydrogens (primary N) is 1. The molecule has 0 aromatic heterocycles. The van der Waals surface area contributed by atoms with Crippen molar-refractivity contribution >= 4 is 8.80 Å². The second kappa shape index (κ2) is 11.0. The first-order valence-corrected chi connectivity index (χ1v) is 7.24. The van der Waals surface area contributed by atoms with Crippen LogP contribution in [0.25, 0.3) is 0 Å². The van der Waals surface area contributed by atoms with Crippen molar-refractivity contribution in [3.63, 3.8) is 0 Å². The molecular formula is C8H22N2O6Si. The second-order valence-corrected chi connectivity index (χ2v) is 5.44. The van der Waals surface area contributed by atoms with Crippen molar-refractivity contribution in [1.29, 1.82) is 0 Å². The van der Waals surface area contributed by atoms with Crippen molar-refractivity contribution < 1.29 is 28.4 Å². The minimum absolute atomic E-state index is 0.486. The molecule has 0 amide bonds. The van der Waals surface area contributed by atoms with Crippen molar-refractivity contribution in [2.24, 2.45) is 5.73 Å². The van der Waals surface area contributed by atoms with Gasteiger partial charge in [-0.2, -0.15) is 0 Å². The lowest BCUT2D eigenvalue weighted by Gasteiger charge is -2.23. The van der Waals surface area contributed by atoms with Gasteiger partial charge in [0.15, 0.2) is 0 Å². The summed E-state index contributed by atoms with van der Waals surface area (Å²) in [4.78, 5) is 13.8. The zero-order chi connectivity index (χ0) is 13.0. The zero-order valence-corrected chi connectivity index (χ0v) is 11.6. The topological polar surface area (TPSA) is 93.4 Å². The van der Waals surface area contributed by atoms with E-state index in [1.165, 1.54) is 21.3 Å². The van der Waals surface area contributed by atoms with Gasteiger partial charge in [0.25, 0.3) is 0 Å². The van der Waals surface area contributed by atoms with Crippen LogP contribution in [0.1, 0.15) is 6.42 Å². The van der Waals surface area contributed by atoms with Gasteiger partial charge >= 0.3 is 8.80 Å². The van der Waals surface area contributed by atoms with Crippen LogP contribution in [0, 0.1) is 0 Å². The van der Waals surface area contributed by atoms with Gasteiger partial charge in [-0.3, -0.25) is 0 Å². The molecule has 104 valence electrons. The van der Waals surface area contributed by atoms with E-state index in [2.05, 4.69) is 20.0 Å². The summed E-state index contributed by atoms with van der Waals surface area (Å²) in [5.74, 6) is 0. The van der Waals surface area contributed by atoms with Gasteiger partial charge in [0.1, 0.15) is 0 Å². The van der Waals surface area contributed by atoms with Gasteiger partial charge in [-0.25, -0.2) is 28.4 Å². The molecule has 0 aromatic carbocycles. The molecule has 0 heterocycles. The Labute approximate surface area is 102 Å². The summed E-state index contributed by atoms with van der Waals surface area (Å²) < 4.78 is 15.0. The molecule has 0 rings (SSSR count). The molecule has 17 heavy (non-hydrogen) atoms. The quantitative estimate of drug-likeness (QED) is 0.214. The summed E-state index contributed by atoms with van der Waals surface area (Å²) in [6.45, 7) is 2.12. The van der Waals surface area contributed by atoms with Gasteiger partial charge in [0.2, 0.25) is 0 Å². The van der Waals surface area contributed by atoms with Crippen molar-refractivity contribution in [1.82, 2.24) is 5.32 Å². The summed E-state index contributed by atoms with van der Waals surface area (Å²) in [5.41, 5.74) is 5.35. The molecule has 9 heteroatoms. The van der Waals surface area contributed by atoms with Crippen molar-refractivity contribution in [3.05, 3.63) is 0 Å². The molecule has 0 aliphatic heterocycles. The van der Waals surface area contributed by atoms with Crippen LogP contribution >= 0.6 is 0 Å². The molecule has 0 saturated carbocycles. The Balaban J connectivity index is 4.05. The predicted octanol–water partition coefficient (Wildman–Crippen LogP) is -0.402. The van der Waals surface area contributed by atoms with Crippen LogP contribution in [0.3, 0.4) is 0 Å². The van der Waals surface area contributed by atoms with Crippen LogP contribution in [-0.4, -0.2) is 49.8 Å². The van der Waals surface area contributed by atoms with E-state index in [-0.39, 0.29) is 0 Å². The Morgan fingerprint density at radius 3 is 1.88 bits per heavy atom. The Hall–Kier alpha value is -0.103. The van der Waals surface area contributed by atoms with E-state index < -0.39 is 8.80 Å². The minimum Gasteiger partial charge on any atom is -0.329 e. The Morgan fingerprint density at radius 2 is 1.47 bits per heavy atom. The molecule has 0 radical (unpaired) electrons. The smallest absolute Gasteiger partial charge is 0.329 e. The first-order valence-electron chi connectivity index (χ1n) is 5.31. The average molecular weight is 270 g/mol. The van der Waals surface area contributed by atoms with Crippen molar-refractivity contribution in [3.8, 4) is 0 Å². The van der Waals surface area contributed by atoms with E-state index in [4.69, 9.17) is 19.5 Å². The molecule has 3 N–H and O–H groups in total. The van der Waals surface area contributed by atoms with Gasteiger partial charge in [0, 0.05) is 19.1 Å². The van der Waals surface area contributed by atoms with Crippen LogP contribution in [0.15, 0.2) is 0 Å². The summed E-state index contributed by atoms with van der Waals surface area (Å²) in [6, 6.07) is 0.486. The molecular weight excluding hydrogens is 248 g/mol. The lowest BCUT2D eigenvalue weighted by Crippen LogP contribution is -2.45. The number of nitrogens with one attached hydrogen (secondary N) is 1. The summed E-state index contributed by atoms with van der Waals surface area (Å²) >= 11 is 0. The van der Waals surface area contributed by atoms with Gasteiger partial charge in [-0.05, 0) is 13.0 Å². The first-order chi connectivity index (χ1) is 8.24. The van der Waals surface area contributed by atoms with E-state index in [1.54, 1.807) is 0 Å². The second-order valence-electron chi connectivity index (χ2n) is 3.08. The molecule has 8 nitrogen and oxygen atoms in total. The number of hydrogen-bond acceptors (Lipinski definition) is 8. The molecule has 0 aromatic rings. The number of rotatable bonds is 12. The fraction of sp³-hybridized carbons (Fsp3) is 1.00. The highest BCUT2D eigenvalue weighted by molar-refractivity contribution is 6.59. The van der Waals surface area contributed by atoms with Crippen molar-refractivity contribution in [2.45, 2.75) is 12.5 Å². The van der Waals surface area contributed by atoms with Crippen molar-refractivity contribution in [2.75, 3.05) is 41.0 Å². The largest absolute Gasteiger partial charge is 0.584 e. The fourth-order valence-corrected chi connectivity index (χ4v) is 2.91. The Kier molecular flexibility index (Phi) is 10.9. The highest BCUT2D eigenvalue weighted by Crippen LogP contribution is 2.18. The lowest BCUT2D eigenvalue weighted by molar-refractivity contribution is -0.343. The first kappa shape index (κ1) is 16.9. The molecule has 0 unspecified atom stereocenters. The Morgan fingerprint density at radius 1 is 0.941 bits per heavy atom. The normalized spacial score (nSPS) is 12.0. The van der Waals surface area contributed by atoms with Crippen LogP contribution in [-0.2, 0) is 28.4 Å². The highest BCUT2D eigenvalue weighted by Gasteiger charge is 2.46. The van der Waals surface area contributed by atoms with Gasteiger partial charge in [0.05, 0.1) is 21.3 Å². The molecule has 0 aliphatic rings. The van der Waals surface area contributed by atoms with E-state index in [0.717, 1.165) is 19.5 Å². The average Bonchev–Trinajstić information content (AvgIpc) is 2.30. The lowest BCUT2D eigenvalue weighted by atomic mass is 10.5. The monoisotopic (exact) mass is 270 g/mol. The highest BCUT2D eigenvalue weighted by atomic mass is 28.4. The maximum Gasteiger partial charge on any atom is 0.584 e. The summed E-state index contributed by atoms with van der Waals surface area (Å²) in [7, 11) is 1.01. The van der Waals surface area contributed by atoms with E-state index >= 15 is 0 Å². The molecule has 0 spiro atoms. The molecule has 0 saturated heterocycles. The Bertz CT molecular complexity index is 159. The third-order valence-electron chi connectivity index (χ3n) is 1.79. The van der Waals surface area contributed by atoms with Gasteiger partial charge in [-0.15, -0.1) is 0 Å². The van der Waals surface area contributed by atoms with E-state index in [0.29, 0.717) is 12.6 Å². The summed E-state index contributed by atoms with van der Waals surface area (Å²) in [6.07, 6.45) is 0.752. The third-order valence-corrected chi connectivity index (χ3v) is 4.02. The fourth-order valence-electron chi connectivity index (χ4n) is 1.20. The SMILES string of the molecule is COO[Si](CCCNCCN)(OOC)OOC. The minimum atomic E-state index is -3.09. The molecule has 0 aliphatic carbocycles. The van der Waals surface area contributed by atoms with Crippen LogP contribution in [0.5, 0.6) is 0 Å². The molecule has 0 atom stereocenters. The van der Waals surface area contributed by atoms with Crippen LogP contribution < -0.4 is 11.1 Å². The standard InChI is InChI=1S/C8H22N2O6Si/c1-11-14-17(15-12-2,16-13-3)8-4-6-10-7-5-9/h10H,4-9H2,1-3H3. The molecule has 0 fully saturated rings. The van der Waals surface area contributed by atoms with E-state index in [1.807, 2.05) is 0 Å². The maximum absolute atomic E-state index is 5.35. The maximum atomic E-state index is 5.35. The summed E-state index contributed by atoms with van der Waals surface area (Å²) in [5, 5.41) is 3.14.